The Morgan fingerprint density at radius 2 is 1.62 bits per heavy atom. The number of halogens is 1. The highest BCUT2D eigenvalue weighted by Gasteiger charge is 2.08. The zero-order valence-electron chi connectivity index (χ0n) is 14.3. The number of benzene rings is 3. The molecule has 3 aromatic carbocycles. The molecule has 0 aliphatic rings. The van der Waals surface area contributed by atoms with Crippen molar-refractivity contribution in [2.75, 3.05) is 7.11 Å². The van der Waals surface area contributed by atoms with Crippen molar-refractivity contribution >= 4 is 10.8 Å². The molecule has 3 aromatic rings. The molecule has 0 spiro atoms. The summed E-state index contributed by atoms with van der Waals surface area (Å²) in [5, 5.41) is 1.65. The number of hydrogen-bond donors (Lipinski definition) is 0. The van der Waals surface area contributed by atoms with Crippen molar-refractivity contribution in [3.05, 3.63) is 66.0 Å². The van der Waals surface area contributed by atoms with Crippen molar-refractivity contribution in [2.24, 2.45) is 0 Å². The quantitative estimate of drug-likeness (QED) is 0.478. The molecule has 0 saturated heterocycles. The van der Waals surface area contributed by atoms with Gasteiger partial charge in [-0.2, -0.15) is 0 Å². The van der Waals surface area contributed by atoms with E-state index in [1.807, 2.05) is 48.5 Å². The Bertz CT molecular complexity index is 821. The van der Waals surface area contributed by atoms with E-state index in [0.29, 0.717) is 5.39 Å². The van der Waals surface area contributed by atoms with Gasteiger partial charge < -0.3 is 4.74 Å². The summed E-state index contributed by atoms with van der Waals surface area (Å²) >= 11 is 0. The predicted octanol–water partition coefficient (Wildman–Crippen LogP) is 6.39. The third-order valence-corrected chi connectivity index (χ3v) is 4.51. The monoisotopic (exact) mass is 322 g/mol. The molecule has 3 rings (SSSR count). The zero-order valence-corrected chi connectivity index (χ0v) is 14.3. The molecule has 0 bridgehead atoms. The molecular weight excluding hydrogens is 299 g/mol. The summed E-state index contributed by atoms with van der Waals surface area (Å²) in [6.07, 6.45) is 4.16. The highest BCUT2D eigenvalue weighted by atomic mass is 19.1. The Hall–Kier alpha value is -2.35. The number of aryl methyl sites for hydroxylation is 1. The molecule has 0 atom stereocenters. The molecule has 0 heterocycles. The Kier molecular flexibility index (Phi) is 5.14. The van der Waals surface area contributed by atoms with Gasteiger partial charge in [-0.3, -0.25) is 0 Å². The smallest absolute Gasteiger partial charge is 0.134 e. The highest BCUT2D eigenvalue weighted by molar-refractivity contribution is 5.88. The molecule has 1 nitrogen and oxygen atoms in total. The van der Waals surface area contributed by atoms with Crippen LogP contribution < -0.4 is 4.74 Å². The normalized spacial score (nSPS) is 11.0. The van der Waals surface area contributed by atoms with Crippen molar-refractivity contribution in [3.8, 4) is 16.9 Å². The van der Waals surface area contributed by atoms with E-state index in [1.165, 1.54) is 0 Å². The molecule has 0 fully saturated rings. The third-order valence-electron chi connectivity index (χ3n) is 4.51. The predicted molar refractivity (Wildman–Crippen MR) is 99.1 cm³/mol. The van der Waals surface area contributed by atoms with Crippen LogP contribution in [0.4, 0.5) is 4.39 Å². The lowest BCUT2D eigenvalue weighted by molar-refractivity contribution is 0.415. The molecule has 0 aliphatic carbocycles. The van der Waals surface area contributed by atoms with Gasteiger partial charge in [0.1, 0.15) is 11.6 Å². The van der Waals surface area contributed by atoms with Crippen LogP contribution in [0, 0.1) is 5.82 Å². The first kappa shape index (κ1) is 16.5. The molecule has 0 saturated carbocycles. The number of methoxy groups -OCH3 is 1. The Balaban J connectivity index is 1.92. The average molecular weight is 322 g/mol. The van der Waals surface area contributed by atoms with Crippen LogP contribution >= 0.6 is 0 Å². The summed E-state index contributed by atoms with van der Waals surface area (Å²) in [7, 11) is 1.66. The van der Waals surface area contributed by atoms with Gasteiger partial charge in [0, 0.05) is 5.39 Å². The lowest BCUT2D eigenvalue weighted by atomic mass is 9.97. The lowest BCUT2D eigenvalue weighted by Crippen LogP contribution is -1.93. The van der Waals surface area contributed by atoms with E-state index in [1.54, 1.807) is 7.11 Å². The van der Waals surface area contributed by atoms with Crippen LogP contribution in [0.3, 0.4) is 0 Å². The fourth-order valence-corrected chi connectivity index (χ4v) is 3.06. The van der Waals surface area contributed by atoms with Gasteiger partial charge in [0.25, 0.3) is 0 Å². The summed E-state index contributed by atoms with van der Waals surface area (Å²) in [6, 6.07) is 17.8. The van der Waals surface area contributed by atoms with E-state index in [4.69, 9.17) is 4.74 Å². The van der Waals surface area contributed by atoms with E-state index >= 15 is 0 Å². The molecule has 0 aromatic heterocycles. The van der Waals surface area contributed by atoms with Crippen molar-refractivity contribution in [1.29, 1.82) is 0 Å². The Labute approximate surface area is 143 Å². The van der Waals surface area contributed by atoms with Gasteiger partial charge >= 0.3 is 0 Å². The summed E-state index contributed by atoms with van der Waals surface area (Å²) < 4.78 is 19.9. The third kappa shape index (κ3) is 3.43. The average Bonchev–Trinajstić information content (AvgIpc) is 2.63. The van der Waals surface area contributed by atoms with Gasteiger partial charge in [-0.1, -0.05) is 56.2 Å². The largest absolute Gasteiger partial charge is 0.497 e. The van der Waals surface area contributed by atoms with Crippen LogP contribution in [0.25, 0.3) is 21.9 Å². The molecular formula is C22H23FO. The number of ether oxygens (including phenoxy) is 1. The summed E-state index contributed by atoms with van der Waals surface area (Å²) in [6.45, 7) is 2.16. The summed E-state index contributed by atoms with van der Waals surface area (Å²) in [5.41, 5.74) is 3.02. The van der Waals surface area contributed by atoms with Gasteiger partial charge in [-0.15, -0.1) is 0 Å². The molecule has 0 radical (unpaired) electrons. The number of fused-ring (bicyclic) bond motifs is 1. The van der Waals surface area contributed by atoms with Gasteiger partial charge in [0.15, 0.2) is 0 Å². The minimum atomic E-state index is -0.0649. The van der Waals surface area contributed by atoms with E-state index < -0.39 is 0 Å². The number of hydrogen-bond acceptors (Lipinski definition) is 1. The van der Waals surface area contributed by atoms with E-state index in [9.17, 15) is 4.39 Å². The van der Waals surface area contributed by atoms with Crippen LogP contribution in [-0.2, 0) is 6.42 Å². The van der Waals surface area contributed by atoms with E-state index in [0.717, 1.165) is 53.5 Å². The maximum Gasteiger partial charge on any atom is 0.134 e. The molecule has 2 heteroatoms. The second kappa shape index (κ2) is 7.48. The zero-order chi connectivity index (χ0) is 16.9. The van der Waals surface area contributed by atoms with E-state index in [-0.39, 0.29) is 5.82 Å². The molecule has 24 heavy (non-hydrogen) atoms. The first-order chi connectivity index (χ1) is 11.7. The van der Waals surface area contributed by atoms with Crippen LogP contribution in [0.5, 0.6) is 5.75 Å². The summed E-state index contributed by atoms with van der Waals surface area (Å²) in [5.74, 6) is 0.771. The van der Waals surface area contributed by atoms with Gasteiger partial charge in [0.2, 0.25) is 0 Å². The van der Waals surface area contributed by atoms with Crippen LogP contribution in [0.1, 0.15) is 31.7 Å². The summed E-state index contributed by atoms with van der Waals surface area (Å²) in [4.78, 5) is 0. The van der Waals surface area contributed by atoms with Crippen molar-refractivity contribution in [3.63, 3.8) is 0 Å². The van der Waals surface area contributed by atoms with Crippen molar-refractivity contribution in [2.45, 2.75) is 32.6 Å². The second-order valence-electron chi connectivity index (χ2n) is 6.16. The van der Waals surface area contributed by atoms with Gasteiger partial charge in [-0.05, 0) is 53.1 Å². The SMILES string of the molecule is CCCCCc1ccc2cc(-c3ccc(OC)cc3)ccc2c1F. The second-order valence-corrected chi connectivity index (χ2v) is 6.16. The number of unbranched alkanes of at least 4 members (excludes halogenated alkanes) is 2. The molecule has 0 unspecified atom stereocenters. The molecule has 0 amide bonds. The highest BCUT2D eigenvalue weighted by Crippen LogP contribution is 2.29. The first-order valence-electron chi connectivity index (χ1n) is 8.58. The maximum absolute atomic E-state index is 14.7. The fourth-order valence-electron chi connectivity index (χ4n) is 3.06. The number of rotatable bonds is 6. The molecule has 0 N–H and O–H groups in total. The van der Waals surface area contributed by atoms with Crippen LogP contribution in [0.2, 0.25) is 0 Å². The van der Waals surface area contributed by atoms with E-state index in [2.05, 4.69) is 13.0 Å². The topological polar surface area (TPSA) is 9.23 Å². The lowest BCUT2D eigenvalue weighted by Gasteiger charge is -2.09. The van der Waals surface area contributed by atoms with Gasteiger partial charge in [-0.25, -0.2) is 4.39 Å². The van der Waals surface area contributed by atoms with Crippen LogP contribution in [-0.4, -0.2) is 7.11 Å². The molecule has 0 aliphatic heterocycles. The van der Waals surface area contributed by atoms with Crippen molar-refractivity contribution in [1.82, 2.24) is 0 Å². The standard InChI is InChI=1S/C22H23FO/c1-3-4-5-6-17-7-8-19-15-18(11-14-21(19)22(17)23)16-9-12-20(24-2)13-10-16/h7-15H,3-6H2,1-2H3. The van der Waals surface area contributed by atoms with Crippen LogP contribution in [0.15, 0.2) is 54.6 Å². The Morgan fingerprint density at radius 1 is 0.875 bits per heavy atom. The van der Waals surface area contributed by atoms with Crippen molar-refractivity contribution < 1.29 is 9.13 Å². The Morgan fingerprint density at radius 3 is 2.33 bits per heavy atom. The van der Waals surface area contributed by atoms with Gasteiger partial charge in [0.05, 0.1) is 7.11 Å². The maximum atomic E-state index is 14.7. The molecule has 124 valence electrons. The minimum absolute atomic E-state index is 0.0649. The first-order valence-corrected chi connectivity index (χ1v) is 8.58. The minimum Gasteiger partial charge on any atom is -0.497 e. The fraction of sp³-hybridized carbons (Fsp3) is 0.273.